The zero-order valence-corrected chi connectivity index (χ0v) is 13.6. The average Bonchev–Trinajstić information content (AvgIpc) is 2.94. The number of sulfone groups is 1. The van der Waals surface area contributed by atoms with Gasteiger partial charge < -0.3 is 10.6 Å². The third kappa shape index (κ3) is 4.64. The Balaban J connectivity index is 1.76. The highest BCUT2D eigenvalue weighted by Gasteiger charge is 2.28. The molecule has 1 unspecified atom stereocenters. The summed E-state index contributed by atoms with van der Waals surface area (Å²) in [6.07, 6.45) is 1.50. The molecule has 20 heavy (non-hydrogen) atoms. The minimum atomic E-state index is -2.87. The van der Waals surface area contributed by atoms with Crippen LogP contribution in [0.5, 0.6) is 0 Å². The van der Waals surface area contributed by atoms with Crippen molar-refractivity contribution in [3.05, 3.63) is 21.3 Å². The van der Waals surface area contributed by atoms with Crippen molar-refractivity contribution in [3.63, 3.8) is 0 Å². The number of nitrogens with zero attached hydrogens (tertiary/aromatic N) is 1. The van der Waals surface area contributed by atoms with Crippen molar-refractivity contribution in [3.8, 4) is 0 Å². The summed E-state index contributed by atoms with van der Waals surface area (Å²) in [6.45, 7) is 0.732. The zero-order chi connectivity index (χ0) is 14.6. The highest BCUT2D eigenvalue weighted by atomic mass is 35.5. The van der Waals surface area contributed by atoms with Gasteiger partial charge in [-0.05, 0) is 25.0 Å². The van der Waals surface area contributed by atoms with E-state index in [1.165, 1.54) is 4.88 Å². The number of thiophene rings is 1. The fourth-order valence-corrected chi connectivity index (χ4v) is 4.85. The Hall–Kier alpha value is -0.790. The lowest BCUT2D eigenvalue weighted by atomic mass is 10.3. The Morgan fingerprint density at radius 3 is 2.90 bits per heavy atom. The summed E-state index contributed by atoms with van der Waals surface area (Å²) in [7, 11) is -1.19. The van der Waals surface area contributed by atoms with E-state index in [1.807, 2.05) is 12.1 Å². The minimum absolute atomic E-state index is 0.0395. The van der Waals surface area contributed by atoms with Crippen molar-refractivity contribution >= 4 is 38.7 Å². The normalized spacial score (nSPS) is 21.9. The number of aliphatic imine (C=N–C) groups is 1. The molecule has 5 nitrogen and oxygen atoms in total. The van der Waals surface area contributed by atoms with E-state index in [1.54, 1.807) is 18.4 Å². The van der Waals surface area contributed by atoms with E-state index in [2.05, 4.69) is 15.6 Å². The van der Waals surface area contributed by atoms with Gasteiger partial charge in [-0.2, -0.15) is 0 Å². The van der Waals surface area contributed by atoms with Gasteiger partial charge in [0.2, 0.25) is 0 Å². The van der Waals surface area contributed by atoms with Crippen LogP contribution < -0.4 is 10.6 Å². The van der Waals surface area contributed by atoms with Crippen LogP contribution in [-0.4, -0.2) is 45.5 Å². The maximum Gasteiger partial charge on any atom is 0.191 e. The van der Waals surface area contributed by atoms with E-state index >= 15 is 0 Å². The molecule has 1 aliphatic heterocycles. The number of rotatable bonds is 4. The van der Waals surface area contributed by atoms with Crippen molar-refractivity contribution in [2.75, 3.05) is 25.1 Å². The zero-order valence-electron chi connectivity index (χ0n) is 11.2. The summed E-state index contributed by atoms with van der Waals surface area (Å²) in [5, 5.41) is 6.34. The average molecular weight is 336 g/mol. The molecule has 8 heteroatoms. The Morgan fingerprint density at radius 1 is 1.55 bits per heavy atom. The van der Waals surface area contributed by atoms with E-state index < -0.39 is 9.84 Å². The molecule has 0 aliphatic carbocycles. The second-order valence-corrected chi connectivity index (χ2v) is 8.73. The van der Waals surface area contributed by atoms with Crippen LogP contribution >= 0.6 is 22.9 Å². The molecule has 0 radical (unpaired) electrons. The summed E-state index contributed by atoms with van der Waals surface area (Å²) in [5.74, 6) is 1.10. The molecule has 0 aromatic carbocycles. The van der Waals surface area contributed by atoms with E-state index in [9.17, 15) is 8.42 Å². The van der Waals surface area contributed by atoms with Crippen molar-refractivity contribution in [1.82, 2.24) is 10.6 Å². The highest BCUT2D eigenvalue weighted by molar-refractivity contribution is 7.91. The number of nitrogens with one attached hydrogen (secondary N) is 2. The first-order valence-corrected chi connectivity index (χ1v) is 9.42. The summed E-state index contributed by atoms with van der Waals surface area (Å²) in [4.78, 5) is 5.32. The fraction of sp³-hybridized carbons (Fsp3) is 0.583. The van der Waals surface area contributed by atoms with Gasteiger partial charge in [0.05, 0.1) is 15.8 Å². The summed E-state index contributed by atoms with van der Waals surface area (Å²) < 4.78 is 23.6. The smallest absolute Gasteiger partial charge is 0.191 e. The van der Waals surface area contributed by atoms with Gasteiger partial charge in [0.15, 0.2) is 15.8 Å². The lowest BCUT2D eigenvalue weighted by Crippen LogP contribution is -2.44. The Kier molecular flexibility index (Phi) is 5.29. The molecule has 1 atom stereocenters. The van der Waals surface area contributed by atoms with E-state index in [0.29, 0.717) is 12.4 Å². The Labute approximate surface area is 128 Å². The first kappa shape index (κ1) is 15.6. The monoisotopic (exact) mass is 335 g/mol. The topological polar surface area (TPSA) is 70.6 Å². The molecule has 1 aliphatic rings. The molecular formula is C12H18ClN3O2S2. The minimum Gasteiger partial charge on any atom is -0.356 e. The largest absolute Gasteiger partial charge is 0.356 e. The van der Waals surface area contributed by atoms with Crippen molar-refractivity contribution in [2.45, 2.75) is 18.9 Å². The number of halogens is 1. The quantitative estimate of drug-likeness (QED) is 0.642. The Morgan fingerprint density at radius 2 is 2.35 bits per heavy atom. The molecule has 0 saturated carbocycles. The number of hydrogen-bond donors (Lipinski definition) is 2. The molecule has 1 fully saturated rings. The van der Waals surface area contributed by atoms with Crippen molar-refractivity contribution in [2.24, 2.45) is 4.99 Å². The molecular weight excluding hydrogens is 318 g/mol. The van der Waals surface area contributed by atoms with Crippen LogP contribution in [-0.2, 0) is 16.3 Å². The second-order valence-electron chi connectivity index (χ2n) is 4.70. The lowest BCUT2D eigenvalue weighted by Gasteiger charge is -2.15. The molecule has 0 bridgehead atoms. The first-order valence-electron chi connectivity index (χ1n) is 6.40. The van der Waals surface area contributed by atoms with Crippen LogP contribution in [0.2, 0.25) is 4.34 Å². The van der Waals surface area contributed by atoms with Crippen LogP contribution in [0.1, 0.15) is 11.3 Å². The van der Waals surface area contributed by atoms with Crippen molar-refractivity contribution in [1.29, 1.82) is 0 Å². The summed E-state index contributed by atoms with van der Waals surface area (Å²) in [5.41, 5.74) is 0. The van der Waals surface area contributed by atoms with Crippen LogP contribution in [0, 0.1) is 0 Å². The maximum atomic E-state index is 11.4. The van der Waals surface area contributed by atoms with Crippen LogP contribution in [0.25, 0.3) is 0 Å². The van der Waals surface area contributed by atoms with Gasteiger partial charge in [0.25, 0.3) is 0 Å². The molecule has 112 valence electrons. The Bertz CT molecular complexity index is 583. The summed E-state index contributed by atoms with van der Waals surface area (Å²) >= 11 is 7.44. The third-order valence-corrected chi connectivity index (χ3v) is 6.15. The molecule has 1 aromatic rings. The number of hydrogen-bond acceptors (Lipinski definition) is 4. The molecule has 0 amide bonds. The van der Waals surface area contributed by atoms with Gasteiger partial charge in [-0.1, -0.05) is 11.6 Å². The van der Waals surface area contributed by atoms with Crippen LogP contribution in [0.4, 0.5) is 0 Å². The van der Waals surface area contributed by atoms with Gasteiger partial charge in [-0.15, -0.1) is 11.3 Å². The number of guanidine groups is 1. The standard InChI is InChI=1S/C12H18ClN3O2S2/c1-14-12(16-9-5-7-20(17,18)8-9)15-6-4-10-2-3-11(13)19-10/h2-3,9H,4-8H2,1H3,(H2,14,15,16). The molecule has 2 N–H and O–H groups in total. The van der Waals surface area contributed by atoms with Gasteiger partial charge in [-0.25, -0.2) is 8.42 Å². The predicted octanol–water partition coefficient (Wildman–Crippen LogP) is 1.30. The van der Waals surface area contributed by atoms with E-state index in [-0.39, 0.29) is 17.5 Å². The van der Waals surface area contributed by atoms with Gasteiger partial charge in [-0.3, -0.25) is 4.99 Å². The van der Waals surface area contributed by atoms with Crippen LogP contribution in [0.3, 0.4) is 0 Å². The molecule has 0 spiro atoms. The molecule has 2 heterocycles. The van der Waals surface area contributed by atoms with E-state index in [0.717, 1.165) is 17.3 Å². The third-order valence-electron chi connectivity index (χ3n) is 3.09. The lowest BCUT2D eigenvalue weighted by molar-refractivity contribution is 0.599. The fourth-order valence-electron chi connectivity index (χ4n) is 2.09. The highest BCUT2D eigenvalue weighted by Crippen LogP contribution is 2.21. The van der Waals surface area contributed by atoms with Crippen LogP contribution in [0.15, 0.2) is 17.1 Å². The van der Waals surface area contributed by atoms with Gasteiger partial charge >= 0.3 is 0 Å². The SMILES string of the molecule is CN=C(NCCc1ccc(Cl)s1)NC1CCS(=O)(=O)C1. The van der Waals surface area contributed by atoms with Crippen molar-refractivity contribution < 1.29 is 8.42 Å². The molecule has 1 aromatic heterocycles. The predicted molar refractivity (Wildman–Crippen MR) is 84.6 cm³/mol. The maximum absolute atomic E-state index is 11.4. The molecule has 1 saturated heterocycles. The van der Waals surface area contributed by atoms with Gasteiger partial charge in [0.1, 0.15) is 0 Å². The second kappa shape index (κ2) is 6.78. The summed E-state index contributed by atoms with van der Waals surface area (Å²) in [6, 6.07) is 3.86. The first-order chi connectivity index (χ1) is 9.48. The molecule has 2 rings (SSSR count). The van der Waals surface area contributed by atoms with Gasteiger partial charge in [0, 0.05) is 24.5 Å². The van der Waals surface area contributed by atoms with E-state index in [4.69, 9.17) is 11.6 Å².